The van der Waals surface area contributed by atoms with E-state index in [2.05, 4.69) is 49.6 Å². The number of carbonyl (C=O) groups excluding carboxylic acids is 1. The molecule has 0 heterocycles. The highest BCUT2D eigenvalue weighted by Gasteiger charge is 2.08. The number of amides is 1. The van der Waals surface area contributed by atoms with Gasteiger partial charge in [0, 0.05) is 11.7 Å². The minimum Gasteiger partial charge on any atom is -0.376 e. The lowest BCUT2D eigenvalue weighted by Gasteiger charge is -2.16. The third-order valence-electron chi connectivity index (χ3n) is 3.18. The van der Waals surface area contributed by atoms with Crippen molar-refractivity contribution in [3.63, 3.8) is 0 Å². The molecule has 0 fully saturated rings. The molecule has 0 saturated carbocycles. The van der Waals surface area contributed by atoms with Gasteiger partial charge in [0.25, 0.3) is 0 Å². The Morgan fingerprint density at radius 1 is 1.22 bits per heavy atom. The van der Waals surface area contributed by atoms with E-state index in [1.807, 2.05) is 6.92 Å². The van der Waals surface area contributed by atoms with Crippen LogP contribution in [0.1, 0.15) is 37.8 Å². The summed E-state index contributed by atoms with van der Waals surface area (Å²) in [6.07, 6.45) is 1.96. The van der Waals surface area contributed by atoms with Crippen molar-refractivity contribution in [3.05, 3.63) is 29.3 Å². The number of rotatable bonds is 6. The molecule has 3 heteroatoms. The average Bonchev–Trinajstić information content (AvgIpc) is 2.37. The summed E-state index contributed by atoms with van der Waals surface area (Å²) in [5.41, 5.74) is 3.40. The van der Waals surface area contributed by atoms with Crippen molar-refractivity contribution < 1.29 is 4.79 Å². The molecule has 18 heavy (non-hydrogen) atoms. The molecule has 0 radical (unpaired) electrons. The number of hydrogen-bond donors (Lipinski definition) is 2. The van der Waals surface area contributed by atoms with Gasteiger partial charge in [0.1, 0.15) is 0 Å². The zero-order chi connectivity index (χ0) is 13.5. The quantitative estimate of drug-likeness (QED) is 0.812. The van der Waals surface area contributed by atoms with Crippen LogP contribution in [0.4, 0.5) is 5.69 Å². The smallest absolute Gasteiger partial charge is 0.239 e. The van der Waals surface area contributed by atoms with Crippen LogP contribution < -0.4 is 10.6 Å². The highest BCUT2D eigenvalue weighted by Crippen LogP contribution is 2.15. The van der Waals surface area contributed by atoms with E-state index in [1.54, 1.807) is 0 Å². The second kappa shape index (κ2) is 7.04. The molecule has 0 spiro atoms. The fraction of sp³-hybridized carbons (Fsp3) is 0.533. The molecule has 0 aromatic heterocycles. The molecule has 0 unspecified atom stereocenters. The number of nitrogens with one attached hydrogen (secondary N) is 2. The monoisotopic (exact) mass is 248 g/mol. The first-order chi connectivity index (χ1) is 8.56. The van der Waals surface area contributed by atoms with Crippen LogP contribution >= 0.6 is 0 Å². The summed E-state index contributed by atoms with van der Waals surface area (Å²) in [6.45, 7) is 8.61. The summed E-state index contributed by atoms with van der Waals surface area (Å²) in [7, 11) is 0. The van der Waals surface area contributed by atoms with Gasteiger partial charge < -0.3 is 10.6 Å². The first kappa shape index (κ1) is 14.6. The molecule has 1 rings (SSSR count). The maximum atomic E-state index is 11.8. The molecule has 1 aromatic carbocycles. The second-order valence-corrected chi connectivity index (χ2v) is 4.75. The third kappa shape index (κ3) is 4.40. The zero-order valence-electron chi connectivity index (χ0n) is 11.8. The van der Waals surface area contributed by atoms with Crippen LogP contribution in [-0.2, 0) is 4.79 Å². The van der Waals surface area contributed by atoms with Crippen molar-refractivity contribution in [2.75, 3.05) is 11.9 Å². The molecule has 100 valence electrons. The fourth-order valence-electron chi connectivity index (χ4n) is 1.87. The molecule has 0 bridgehead atoms. The highest BCUT2D eigenvalue weighted by atomic mass is 16.1. The number of aryl methyl sites for hydroxylation is 2. The largest absolute Gasteiger partial charge is 0.376 e. The van der Waals surface area contributed by atoms with Crippen LogP contribution in [-0.4, -0.2) is 18.5 Å². The number of hydrogen-bond acceptors (Lipinski definition) is 2. The van der Waals surface area contributed by atoms with E-state index < -0.39 is 0 Å². The topological polar surface area (TPSA) is 41.1 Å². The van der Waals surface area contributed by atoms with Crippen molar-refractivity contribution in [2.45, 2.75) is 46.6 Å². The first-order valence-electron chi connectivity index (χ1n) is 6.67. The van der Waals surface area contributed by atoms with E-state index in [0.29, 0.717) is 6.54 Å². The summed E-state index contributed by atoms with van der Waals surface area (Å²) in [4.78, 5) is 11.8. The molecule has 2 N–H and O–H groups in total. The Kier molecular flexibility index (Phi) is 5.69. The number of benzene rings is 1. The fourth-order valence-corrected chi connectivity index (χ4v) is 1.87. The number of carbonyl (C=O) groups is 1. The van der Waals surface area contributed by atoms with Crippen molar-refractivity contribution >= 4 is 11.6 Å². The van der Waals surface area contributed by atoms with E-state index in [-0.39, 0.29) is 11.9 Å². The molecule has 0 atom stereocenters. The van der Waals surface area contributed by atoms with Gasteiger partial charge in [0.2, 0.25) is 5.91 Å². The van der Waals surface area contributed by atoms with Crippen molar-refractivity contribution in [1.82, 2.24) is 5.32 Å². The normalized spacial score (nSPS) is 10.5. The Morgan fingerprint density at radius 2 is 1.89 bits per heavy atom. The van der Waals surface area contributed by atoms with Gasteiger partial charge in [0.05, 0.1) is 6.54 Å². The van der Waals surface area contributed by atoms with Crippen molar-refractivity contribution in [2.24, 2.45) is 0 Å². The van der Waals surface area contributed by atoms with Gasteiger partial charge in [0.15, 0.2) is 0 Å². The summed E-state index contributed by atoms with van der Waals surface area (Å²) >= 11 is 0. The summed E-state index contributed by atoms with van der Waals surface area (Å²) < 4.78 is 0. The van der Waals surface area contributed by atoms with Crippen LogP contribution in [0.25, 0.3) is 0 Å². The Bertz CT molecular complexity index is 397. The van der Waals surface area contributed by atoms with E-state index in [9.17, 15) is 4.79 Å². The Hall–Kier alpha value is -1.51. The van der Waals surface area contributed by atoms with Crippen LogP contribution in [0.3, 0.4) is 0 Å². The van der Waals surface area contributed by atoms with Gasteiger partial charge in [-0.25, -0.2) is 0 Å². The molecule has 0 aliphatic heterocycles. The van der Waals surface area contributed by atoms with Crippen LogP contribution in [0.5, 0.6) is 0 Å². The molecule has 1 amide bonds. The van der Waals surface area contributed by atoms with E-state index in [4.69, 9.17) is 0 Å². The zero-order valence-corrected chi connectivity index (χ0v) is 11.8. The first-order valence-corrected chi connectivity index (χ1v) is 6.67. The minimum absolute atomic E-state index is 0.0598. The summed E-state index contributed by atoms with van der Waals surface area (Å²) in [6, 6.07) is 6.50. The third-order valence-corrected chi connectivity index (χ3v) is 3.18. The molecule has 0 saturated heterocycles. The molecule has 0 aliphatic carbocycles. The Balaban J connectivity index is 2.49. The number of anilines is 1. The SMILES string of the molecule is CCC(CC)NC(=O)CNc1cc(C)ccc1C. The van der Waals surface area contributed by atoms with Gasteiger partial charge in [-0.1, -0.05) is 26.0 Å². The predicted molar refractivity (Wildman–Crippen MR) is 76.9 cm³/mol. The van der Waals surface area contributed by atoms with Crippen LogP contribution in [0, 0.1) is 13.8 Å². The van der Waals surface area contributed by atoms with Gasteiger partial charge in [-0.05, 0) is 43.9 Å². The lowest BCUT2D eigenvalue weighted by molar-refractivity contribution is -0.120. The molecule has 0 aliphatic rings. The standard InChI is InChI=1S/C15H24N2O/c1-5-13(6-2)17-15(18)10-16-14-9-11(3)7-8-12(14)4/h7-9,13,16H,5-6,10H2,1-4H3,(H,17,18). The van der Waals surface area contributed by atoms with Gasteiger partial charge in [-0.3, -0.25) is 4.79 Å². The van der Waals surface area contributed by atoms with E-state index >= 15 is 0 Å². The second-order valence-electron chi connectivity index (χ2n) is 4.75. The molecular formula is C15H24N2O. The molecular weight excluding hydrogens is 224 g/mol. The Labute approximate surface area is 110 Å². The van der Waals surface area contributed by atoms with Crippen LogP contribution in [0.2, 0.25) is 0 Å². The lowest BCUT2D eigenvalue weighted by Crippen LogP contribution is -2.37. The summed E-state index contributed by atoms with van der Waals surface area (Å²) in [5, 5.41) is 6.21. The average molecular weight is 248 g/mol. The van der Waals surface area contributed by atoms with Crippen molar-refractivity contribution in [3.8, 4) is 0 Å². The van der Waals surface area contributed by atoms with Crippen molar-refractivity contribution in [1.29, 1.82) is 0 Å². The predicted octanol–water partition coefficient (Wildman–Crippen LogP) is 3.02. The summed E-state index contributed by atoms with van der Waals surface area (Å²) in [5.74, 6) is 0.0598. The van der Waals surface area contributed by atoms with Gasteiger partial charge >= 0.3 is 0 Å². The minimum atomic E-state index is 0.0598. The van der Waals surface area contributed by atoms with E-state index in [0.717, 1.165) is 24.1 Å². The lowest BCUT2D eigenvalue weighted by atomic mass is 10.1. The molecule has 1 aromatic rings. The maximum absolute atomic E-state index is 11.8. The maximum Gasteiger partial charge on any atom is 0.239 e. The van der Waals surface area contributed by atoms with Gasteiger partial charge in [-0.15, -0.1) is 0 Å². The highest BCUT2D eigenvalue weighted by molar-refractivity contribution is 5.81. The van der Waals surface area contributed by atoms with Crippen LogP contribution in [0.15, 0.2) is 18.2 Å². The molecule has 3 nitrogen and oxygen atoms in total. The van der Waals surface area contributed by atoms with Gasteiger partial charge in [-0.2, -0.15) is 0 Å². The Morgan fingerprint density at radius 3 is 2.50 bits per heavy atom. The van der Waals surface area contributed by atoms with E-state index in [1.165, 1.54) is 5.56 Å².